The first kappa shape index (κ1) is 12.1. The minimum absolute atomic E-state index is 0.681. The number of fused-ring (bicyclic) bond motifs is 1. The van der Waals surface area contributed by atoms with Crippen molar-refractivity contribution in [2.45, 2.75) is 25.8 Å². The molecule has 0 spiro atoms. The van der Waals surface area contributed by atoms with Crippen LogP contribution in [0, 0.1) is 0 Å². The molecule has 1 saturated heterocycles. The zero-order valence-corrected chi connectivity index (χ0v) is 11.4. The third-order valence-corrected chi connectivity index (χ3v) is 4.54. The second-order valence-electron chi connectivity index (χ2n) is 4.93. The molecule has 0 aliphatic carbocycles. The number of thiazole rings is 1. The predicted molar refractivity (Wildman–Crippen MR) is 76.9 cm³/mol. The first-order valence-corrected chi connectivity index (χ1v) is 7.47. The van der Waals surface area contributed by atoms with Gasteiger partial charge < -0.3 is 5.73 Å². The smallest absolute Gasteiger partial charge is 0.0951 e. The van der Waals surface area contributed by atoms with Crippen LogP contribution in [0.5, 0.6) is 0 Å². The topological polar surface area (TPSA) is 42.1 Å². The Morgan fingerprint density at radius 3 is 2.89 bits per heavy atom. The van der Waals surface area contributed by atoms with Crippen LogP contribution in [0.2, 0.25) is 0 Å². The van der Waals surface area contributed by atoms with E-state index in [1.807, 2.05) is 0 Å². The van der Waals surface area contributed by atoms with E-state index in [-0.39, 0.29) is 0 Å². The highest BCUT2D eigenvalue weighted by Gasteiger charge is 2.12. The maximum atomic E-state index is 5.58. The molecule has 3 rings (SSSR count). The van der Waals surface area contributed by atoms with Crippen LogP contribution in [-0.4, -0.2) is 29.5 Å². The lowest BCUT2D eigenvalue weighted by atomic mass is 10.2. The van der Waals surface area contributed by atoms with Gasteiger partial charge >= 0.3 is 0 Å². The first-order chi connectivity index (χ1) is 8.85. The molecule has 3 nitrogen and oxygen atoms in total. The number of aromatic nitrogens is 1. The summed E-state index contributed by atoms with van der Waals surface area (Å²) in [5, 5.41) is 1.16. The highest BCUT2D eigenvalue weighted by molar-refractivity contribution is 7.18. The summed E-state index contributed by atoms with van der Waals surface area (Å²) >= 11 is 1.78. The Labute approximate surface area is 112 Å². The molecular weight excluding hydrogens is 242 g/mol. The molecule has 2 N–H and O–H groups in total. The van der Waals surface area contributed by atoms with Gasteiger partial charge in [-0.05, 0) is 50.2 Å². The lowest BCUT2D eigenvalue weighted by Crippen LogP contribution is -2.18. The van der Waals surface area contributed by atoms with Crippen molar-refractivity contribution >= 4 is 21.6 Å². The normalized spacial score (nSPS) is 16.7. The fourth-order valence-corrected chi connectivity index (χ4v) is 3.59. The molecule has 96 valence electrons. The SMILES string of the molecule is NCCc1nc2ccc(CN3CCCC3)cc2s1. The molecule has 4 heteroatoms. The summed E-state index contributed by atoms with van der Waals surface area (Å²) < 4.78 is 1.30. The van der Waals surface area contributed by atoms with Gasteiger partial charge in [0.1, 0.15) is 0 Å². The van der Waals surface area contributed by atoms with E-state index < -0.39 is 0 Å². The number of nitrogens with zero attached hydrogens (tertiary/aromatic N) is 2. The average molecular weight is 261 g/mol. The molecule has 1 aliphatic rings. The largest absolute Gasteiger partial charge is 0.330 e. The fourth-order valence-electron chi connectivity index (χ4n) is 2.54. The van der Waals surface area contributed by atoms with E-state index in [1.54, 1.807) is 11.3 Å². The van der Waals surface area contributed by atoms with Crippen LogP contribution in [-0.2, 0) is 13.0 Å². The molecule has 1 aliphatic heterocycles. The van der Waals surface area contributed by atoms with Gasteiger partial charge in [-0.1, -0.05) is 6.07 Å². The number of nitrogens with two attached hydrogens (primary N) is 1. The van der Waals surface area contributed by atoms with Gasteiger partial charge in [-0.25, -0.2) is 4.98 Å². The van der Waals surface area contributed by atoms with Crippen molar-refractivity contribution in [1.29, 1.82) is 0 Å². The van der Waals surface area contributed by atoms with Crippen molar-refractivity contribution in [2.75, 3.05) is 19.6 Å². The second-order valence-corrected chi connectivity index (χ2v) is 6.05. The molecule has 0 saturated carbocycles. The van der Waals surface area contributed by atoms with Crippen LogP contribution in [0.1, 0.15) is 23.4 Å². The molecule has 0 bridgehead atoms. The number of benzene rings is 1. The second kappa shape index (κ2) is 5.34. The molecule has 2 aromatic rings. The Hall–Kier alpha value is -0.970. The Morgan fingerprint density at radius 2 is 2.11 bits per heavy atom. The van der Waals surface area contributed by atoms with E-state index >= 15 is 0 Å². The monoisotopic (exact) mass is 261 g/mol. The van der Waals surface area contributed by atoms with E-state index in [0.717, 1.165) is 23.5 Å². The third-order valence-electron chi connectivity index (χ3n) is 3.46. The fraction of sp³-hybridized carbons (Fsp3) is 0.500. The van der Waals surface area contributed by atoms with Crippen molar-refractivity contribution in [3.8, 4) is 0 Å². The summed E-state index contributed by atoms with van der Waals surface area (Å²) in [4.78, 5) is 7.13. The minimum Gasteiger partial charge on any atom is -0.330 e. The van der Waals surface area contributed by atoms with Gasteiger partial charge in [0.05, 0.1) is 15.2 Å². The van der Waals surface area contributed by atoms with Crippen LogP contribution in [0.4, 0.5) is 0 Å². The van der Waals surface area contributed by atoms with Gasteiger partial charge in [-0.3, -0.25) is 4.90 Å². The van der Waals surface area contributed by atoms with Crippen molar-refractivity contribution in [3.63, 3.8) is 0 Å². The molecule has 1 aromatic heterocycles. The van der Waals surface area contributed by atoms with E-state index in [2.05, 4.69) is 28.1 Å². The summed E-state index contributed by atoms with van der Waals surface area (Å²) in [6, 6.07) is 6.66. The lowest BCUT2D eigenvalue weighted by molar-refractivity contribution is 0.331. The molecule has 1 aromatic carbocycles. The van der Waals surface area contributed by atoms with Gasteiger partial charge in [-0.2, -0.15) is 0 Å². The lowest BCUT2D eigenvalue weighted by Gasteiger charge is -2.14. The summed E-state index contributed by atoms with van der Waals surface area (Å²) in [5.41, 5.74) is 8.11. The standard InChI is InChI=1S/C14H19N3S/c15-6-5-14-16-12-4-3-11(9-13(12)18-14)10-17-7-1-2-8-17/h3-4,9H,1-2,5-8,10,15H2. The molecule has 0 atom stereocenters. The summed E-state index contributed by atoms with van der Waals surface area (Å²) in [7, 11) is 0. The van der Waals surface area contributed by atoms with Crippen LogP contribution in [0.3, 0.4) is 0 Å². The van der Waals surface area contributed by atoms with Crippen LogP contribution in [0.25, 0.3) is 10.2 Å². The van der Waals surface area contributed by atoms with Crippen molar-refractivity contribution < 1.29 is 0 Å². The summed E-state index contributed by atoms with van der Waals surface area (Å²) in [6.45, 7) is 4.26. The summed E-state index contributed by atoms with van der Waals surface area (Å²) in [6.07, 6.45) is 3.59. The van der Waals surface area contributed by atoms with Crippen molar-refractivity contribution in [3.05, 3.63) is 28.8 Å². The van der Waals surface area contributed by atoms with Gasteiger partial charge in [0.25, 0.3) is 0 Å². The zero-order chi connectivity index (χ0) is 12.4. The third kappa shape index (κ3) is 2.55. The molecule has 18 heavy (non-hydrogen) atoms. The van der Waals surface area contributed by atoms with Crippen LogP contribution >= 0.6 is 11.3 Å². The number of rotatable bonds is 4. The Kier molecular flexibility index (Phi) is 3.59. The molecule has 1 fully saturated rings. The van der Waals surface area contributed by atoms with E-state index in [0.29, 0.717) is 6.54 Å². The number of hydrogen-bond donors (Lipinski definition) is 1. The van der Waals surface area contributed by atoms with Gasteiger partial charge in [0.15, 0.2) is 0 Å². The quantitative estimate of drug-likeness (QED) is 0.919. The molecular formula is C14H19N3S. The van der Waals surface area contributed by atoms with Gasteiger partial charge in [-0.15, -0.1) is 11.3 Å². The van der Waals surface area contributed by atoms with E-state index in [4.69, 9.17) is 5.73 Å². The van der Waals surface area contributed by atoms with Gasteiger partial charge in [0.2, 0.25) is 0 Å². The van der Waals surface area contributed by atoms with Crippen LogP contribution in [0.15, 0.2) is 18.2 Å². The molecule has 0 unspecified atom stereocenters. The minimum atomic E-state index is 0.681. The maximum absolute atomic E-state index is 5.58. The Balaban J connectivity index is 1.80. The zero-order valence-electron chi connectivity index (χ0n) is 10.6. The van der Waals surface area contributed by atoms with E-state index in [9.17, 15) is 0 Å². The first-order valence-electron chi connectivity index (χ1n) is 6.66. The number of likely N-dealkylation sites (tertiary alicyclic amines) is 1. The van der Waals surface area contributed by atoms with Gasteiger partial charge in [0, 0.05) is 13.0 Å². The predicted octanol–water partition coefficient (Wildman–Crippen LogP) is 2.39. The molecule has 0 amide bonds. The highest BCUT2D eigenvalue weighted by Crippen LogP contribution is 2.24. The Bertz CT molecular complexity index is 529. The molecule has 0 radical (unpaired) electrons. The summed E-state index contributed by atoms with van der Waals surface area (Å²) in [5.74, 6) is 0. The Morgan fingerprint density at radius 1 is 1.28 bits per heavy atom. The van der Waals surface area contributed by atoms with Crippen molar-refractivity contribution in [2.24, 2.45) is 5.73 Å². The van der Waals surface area contributed by atoms with Crippen molar-refractivity contribution in [1.82, 2.24) is 9.88 Å². The molecule has 2 heterocycles. The highest BCUT2D eigenvalue weighted by atomic mass is 32.1. The maximum Gasteiger partial charge on any atom is 0.0951 e. The van der Waals surface area contributed by atoms with E-state index in [1.165, 1.54) is 36.2 Å². The average Bonchev–Trinajstić information content (AvgIpc) is 2.98. The van der Waals surface area contributed by atoms with Crippen LogP contribution < -0.4 is 5.73 Å². The number of hydrogen-bond acceptors (Lipinski definition) is 4.